The molecule has 1 saturated carbocycles. The van der Waals surface area contributed by atoms with Gasteiger partial charge in [0.2, 0.25) is 0 Å². The van der Waals surface area contributed by atoms with Crippen LogP contribution in [0.5, 0.6) is 11.5 Å². The minimum atomic E-state index is 0.617. The van der Waals surface area contributed by atoms with Crippen LogP contribution in [0.3, 0.4) is 0 Å². The summed E-state index contributed by atoms with van der Waals surface area (Å²) < 4.78 is 10.7. The fourth-order valence-electron chi connectivity index (χ4n) is 2.83. The second-order valence-corrected chi connectivity index (χ2v) is 5.97. The van der Waals surface area contributed by atoms with Crippen LogP contribution >= 0.6 is 0 Å². The molecular formula is C18H23N3O2. The van der Waals surface area contributed by atoms with Crippen LogP contribution < -0.4 is 14.4 Å². The number of benzene rings is 1. The number of anilines is 1. The van der Waals surface area contributed by atoms with Crippen LogP contribution in [0, 0.1) is 0 Å². The number of rotatable bonds is 6. The molecule has 1 aliphatic carbocycles. The largest absolute Gasteiger partial charge is 0.493 e. The standard InChI is InChI=1S/C18H23N3O2/c1-21(11-13-7-8-16(22-2)17(9-13)23-3)18-10-15(19-12-20-18)14-5-4-6-14/h7-10,12,14H,4-6,11H2,1-3H3. The zero-order valence-corrected chi connectivity index (χ0v) is 14.0. The van der Waals surface area contributed by atoms with Gasteiger partial charge in [-0.15, -0.1) is 0 Å². The minimum Gasteiger partial charge on any atom is -0.493 e. The molecule has 1 aromatic carbocycles. The first-order chi connectivity index (χ1) is 11.2. The van der Waals surface area contributed by atoms with Gasteiger partial charge in [-0.25, -0.2) is 9.97 Å². The monoisotopic (exact) mass is 313 g/mol. The van der Waals surface area contributed by atoms with Crippen LogP contribution in [0.25, 0.3) is 0 Å². The Labute approximate surface area is 137 Å². The van der Waals surface area contributed by atoms with Gasteiger partial charge in [0, 0.05) is 31.3 Å². The molecule has 0 atom stereocenters. The topological polar surface area (TPSA) is 47.5 Å². The van der Waals surface area contributed by atoms with Crippen molar-refractivity contribution in [3.05, 3.63) is 41.9 Å². The van der Waals surface area contributed by atoms with Crippen LogP contribution in [-0.4, -0.2) is 31.2 Å². The number of hydrogen-bond acceptors (Lipinski definition) is 5. The molecule has 2 aromatic rings. The lowest BCUT2D eigenvalue weighted by Gasteiger charge is -2.26. The highest BCUT2D eigenvalue weighted by atomic mass is 16.5. The summed E-state index contributed by atoms with van der Waals surface area (Å²) in [7, 11) is 5.34. The molecule has 0 amide bonds. The van der Waals surface area contributed by atoms with E-state index in [9.17, 15) is 0 Å². The quantitative estimate of drug-likeness (QED) is 0.818. The Morgan fingerprint density at radius 2 is 1.87 bits per heavy atom. The fourth-order valence-corrected chi connectivity index (χ4v) is 2.83. The van der Waals surface area contributed by atoms with Gasteiger partial charge in [-0.3, -0.25) is 0 Å². The van der Waals surface area contributed by atoms with Crippen molar-refractivity contribution in [2.24, 2.45) is 0 Å². The molecule has 0 N–H and O–H groups in total. The van der Waals surface area contributed by atoms with Gasteiger partial charge in [0.05, 0.1) is 14.2 Å². The predicted molar refractivity (Wildman–Crippen MR) is 90.3 cm³/mol. The van der Waals surface area contributed by atoms with E-state index in [-0.39, 0.29) is 0 Å². The second kappa shape index (κ2) is 6.86. The lowest BCUT2D eigenvalue weighted by atomic mass is 9.83. The number of methoxy groups -OCH3 is 2. The van der Waals surface area contributed by atoms with E-state index in [4.69, 9.17) is 9.47 Å². The lowest BCUT2D eigenvalue weighted by Crippen LogP contribution is -2.19. The Morgan fingerprint density at radius 3 is 2.52 bits per heavy atom. The highest BCUT2D eigenvalue weighted by Gasteiger charge is 2.21. The van der Waals surface area contributed by atoms with Crippen LogP contribution in [0.2, 0.25) is 0 Å². The first-order valence-corrected chi connectivity index (χ1v) is 7.95. The molecule has 5 heteroatoms. The van der Waals surface area contributed by atoms with Crippen molar-refractivity contribution in [2.45, 2.75) is 31.7 Å². The third-order valence-electron chi connectivity index (χ3n) is 4.46. The maximum atomic E-state index is 5.37. The number of ether oxygens (including phenoxy) is 2. The van der Waals surface area contributed by atoms with Crippen molar-refractivity contribution >= 4 is 5.82 Å². The van der Waals surface area contributed by atoms with E-state index in [0.717, 1.165) is 29.4 Å². The molecule has 1 fully saturated rings. The summed E-state index contributed by atoms with van der Waals surface area (Å²) in [6, 6.07) is 8.10. The van der Waals surface area contributed by atoms with Crippen LogP contribution in [-0.2, 0) is 6.54 Å². The fraction of sp³-hybridized carbons (Fsp3) is 0.444. The smallest absolute Gasteiger partial charge is 0.161 e. The Bertz CT molecular complexity index is 671. The van der Waals surface area contributed by atoms with Gasteiger partial charge in [0.1, 0.15) is 12.1 Å². The first-order valence-electron chi connectivity index (χ1n) is 7.95. The highest BCUT2D eigenvalue weighted by molar-refractivity contribution is 5.45. The maximum absolute atomic E-state index is 5.37. The van der Waals surface area contributed by atoms with E-state index >= 15 is 0 Å². The summed E-state index contributed by atoms with van der Waals surface area (Å²) in [6.45, 7) is 0.751. The normalized spacial score (nSPS) is 14.2. The van der Waals surface area contributed by atoms with Crippen molar-refractivity contribution in [2.75, 3.05) is 26.2 Å². The average molecular weight is 313 g/mol. The van der Waals surface area contributed by atoms with Gasteiger partial charge < -0.3 is 14.4 Å². The van der Waals surface area contributed by atoms with Gasteiger partial charge in [0.15, 0.2) is 11.5 Å². The van der Waals surface area contributed by atoms with Gasteiger partial charge in [-0.2, -0.15) is 0 Å². The second-order valence-electron chi connectivity index (χ2n) is 5.97. The molecule has 0 aliphatic heterocycles. The van der Waals surface area contributed by atoms with E-state index in [2.05, 4.69) is 20.9 Å². The van der Waals surface area contributed by atoms with Gasteiger partial charge >= 0.3 is 0 Å². The SMILES string of the molecule is COc1ccc(CN(C)c2cc(C3CCC3)ncn2)cc1OC. The highest BCUT2D eigenvalue weighted by Crippen LogP contribution is 2.36. The summed E-state index contributed by atoms with van der Waals surface area (Å²) in [4.78, 5) is 11.0. The molecule has 3 rings (SSSR count). The molecule has 1 heterocycles. The van der Waals surface area contributed by atoms with Crippen molar-refractivity contribution in [3.8, 4) is 11.5 Å². The minimum absolute atomic E-state index is 0.617. The van der Waals surface area contributed by atoms with Crippen molar-refractivity contribution in [1.82, 2.24) is 9.97 Å². The van der Waals surface area contributed by atoms with E-state index in [1.165, 1.54) is 25.0 Å². The Hall–Kier alpha value is -2.30. The van der Waals surface area contributed by atoms with Crippen molar-refractivity contribution in [3.63, 3.8) is 0 Å². The molecule has 0 bridgehead atoms. The average Bonchev–Trinajstić information content (AvgIpc) is 2.53. The van der Waals surface area contributed by atoms with E-state index in [1.807, 2.05) is 25.2 Å². The van der Waals surface area contributed by atoms with E-state index in [1.54, 1.807) is 20.5 Å². The Balaban J connectivity index is 1.74. The summed E-state index contributed by atoms with van der Waals surface area (Å²) in [6.07, 6.45) is 5.48. The van der Waals surface area contributed by atoms with Gasteiger partial charge in [-0.05, 0) is 30.5 Å². The summed E-state index contributed by atoms with van der Waals surface area (Å²) in [5.74, 6) is 3.06. The third kappa shape index (κ3) is 3.38. The predicted octanol–water partition coefficient (Wildman–Crippen LogP) is 3.40. The molecule has 1 aliphatic rings. The summed E-state index contributed by atoms with van der Waals surface area (Å²) >= 11 is 0. The van der Waals surface area contributed by atoms with Crippen molar-refractivity contribution < 1.29 is 9.47 Å². The van der Waals surface area contributed by atoms with Gasteiger partial charge in [0.25, 0.3) is 0 Å². The third-order valence-corrected chi connectivity index (χ3v) is 4.46. The molecule has 0 spiro atoms. The zero-order chi connectivity index (χ0) is 16.2. The number of aromatic nitrogens is 2. The first kappa shape index (κ1) is 15.6. The zero-order valence-electron chi connectivity index (χ0n) is 14.0. The molecule has 0 saturated heterocycles. The molecule has 5 nitrogen and oxygen atoms in total. The van der Waals surface area contributed by atoms with Crippen LogP contribution in [0.15, 0.2) is 30.6 Å². The van der Waals surface area contributed by atoms with Crippen LogP contribution in [0.4, 0.5) is 5.82 Å². The molecular weight excluding hydrogens is 290 g/mol. The van der Waals surface area contributed by atoms with Crippen LogP contribution in [0.1, 0.15) is 36.4 Å². The van der Waals surface area contributed by atoms with Gasteiger partial charge in [-0.1, -0.05) is 12.5 Å². The summed E-state index contributed by atoms with van der Waals surface area (Å²) in [5.41, 5.74) is 2.31. The maximum Gasteiger partial charge on any atom is 0.161 e. The number of hydrogen-bond donors (Lipinski definition) is 0. The Morgan fingerprint density at radius 1 is 1.09 bits per heavy atom. The Kier molecular flexibility index (Phi) is 4.65. The lowest BCUT2D eigenvalue weighted by molar-refractivity contribution is 0.354. The number of nitrogens with zero attached hydrogens (tertiary/aromatic N) is 3. The molecule has 23 heavy (non-hydrogen) atoms. The van der Waals surface area contributed by atoms with E-state index in [0.29, 0.717) is 5.92 Å². The molecule has 122 valence electrons. The summed E-state index contributed by atoms with van der Waals surface area (Å²) in [5, 5.41) is 0. The molecule has 0 radical (unpaired) electrons. The van der Waals surface area contributed by atoms with Crippen molar-refractivity contribution in [1.29, 1.82) is 0 Å². The van der Waals surface area contributed by atoms with E-state index < -0.39 is 0 Å². The molecule has 0 unspecified atom stereocenters. The molecule has 1 aromatic heterocycles.